The molecule has 1 heterocycles. The van der Waals surface area contributed by atoms with E-state index in [-0.39, 0.29) is 0 Å². The Labute approximate surface area is 82.5 Å². The van der Waals surface area contributed by atoms with Crippen molar-refractivity contribution in [3.63, 3.8) is 0 Å². The third-order valence-corrected chi connectivity index (χ3v) is 2.81. The molecule has 1 aromatic rings. The Balaban J connectivity index is 2.50. The van der Waals surface area contributed by atoms with E-state index >= 15 is 0 Å². The van der Waals surface area contributed by atoms with Crippen LogP contribution in [-0.4, -0.2) is 18.2 Å². The van der Waals surface area contributed by atoms with Crippen LogP contribution in [0.3, 0.4) is 0 Å². The maximum absolute atomic E-state index is 9.62. The summed E-state index contributed by atoms with van der Waals surface area (Å²) < 4.78 is 0. The van der Waals surface area contributed by atoms with Crippen molar-refractivity contribution in [2.24, 2.45) is 0 Å². The third kappa shape index (κ3) is 1.64. The fraction of sp³-hybridized carbons (Fsp3) is 0.400. The van der Waals surface area contributed by atoms with Gasteiger partial charge < -0.3 is 10.4 Å². The molecule has 1 aliphatic heterocycles. The van der Waals surface area contributed by atoms with Crippen molar-refractivity contribution in [3.8, 4) is 5.75 Å². The molecule has 0 saturated heterocycles. The molecule has 0 amide bonds. The number of phenols is 1. The van der Waals surface area contributed by atoms with Gasteiger partial charge in [0.2, 0.25) is 0 Å². The topological polar surface area (TPSA) is 32.3 Å². The summed E-state index contributed by atoms with van der Waals surface area (Å²) in [6.45, 7) is 1.86. The smallest absolute Gasteiger partial charge is 0.119 e. The predicted octanol–water partition coefficient (Wildman–Crippen LogP) is 1.73. The van der Waals surface area contributed by atoms with Crippen LogP contribution < -0.4 is 5.32 Å². The highest BCUT2D eigenvalue weighted by Gasteiger charge is 2.13. The average Bonchev–Trinajstić information content (AvgIpc) is 2.37. The lowest BCUT2D eigenvalue weighted by Gasteiger charge is -2.08. The fourth-order valence-corrected chi connectivity index (χ4v) is 2.02. The molecule has 0 aliphatic carbocycles. The molecule has 3 heteroatoms. The van der Waals surface area contributed by atoms with E-state index in [4.69, 9.17) is 11.6 Å². The quantitative estimate of drug-likeness (QED) is 0.664. The highest BCUT2D eigenvalue weighted by molar-refractivity contribution is 6.31. The number of halogens is 1. The number of hydrogen-bond acceptors (Lipinski definition) is 2. The van der Waals surface area contributed by atoms with Crippen molar-refractivity contribution in [2.75, 3.05) is 13.1 Å². The molecule has 0 saturated carbocycles. The summed E-state index contributed by atoms with van der Waals surface area (Å²) in [5.41, 5.74) is 2.11. The molecule has 0 bridgehead atoms. The van der Waals surface area contributed by atoms with Gasteiger partial charge in [0.25, 0.3) is 0 Å². The average molecular weight is 198 g/mol. The predicted molar refractivity (Wildman–Crippen MR) is 53.4 cm³/mol. The van der Waals surface area contributed by atoms with E-state index in [2.05, 4.69) is 5.32 Å². The van der Waals surface area contributed by atoms with Gasteiger partial charge in [-0.3, -0.25) is 0 Å². The molecule has 13 heavy (non-hydrogen) atoms. The van der Waals surface area contributed by atoms with E-state index in [1.807, 2.05) is 0 Å². The zero-order valence-electron chi connectivity index (χ0n) is 7.31. The molecule has 1 aliphatic rings. The van der Waals surface area contributed by atoms with Gasteiger partial charge in [-0.1, -0.05) is 11.6 Å². The highest BCUT2D eigenvalue weighted by Crippen LogP contribution is 2.29. The van der Waals surface area contributed by atoms with Gasteiger partial charge in [-0.15, -0.1) is 0 Å². The second-order valence-corrected chi connectivity index (χ2v) is 3.68. The van der Waals surface area contributed by atoms with Gasteiger partial charge in [0.1, 0.15) is 5.75 Å². The Bertz CT molecular complexity index is 294. The summed E-state index contributed by atoms with van der Waals surface area (Å²) in [5.74, 6) is 0.378. The minimum absolute atomic E-state index is 0.378. The number of rotatable bonds is 0. The van der Waals surface area contributed by atoms with Crippen molar-refractivity contribution in [1.29, 1.82) is 0 Å². The molecule has 2 rings (SSSR count). The van der Waals surface area contributed by atoms with Crippen LogP contribution in [0.5, 0.6) is 5.75 Å². The van der Waals surface area contributed by atoms with Gasteiger partial charge in [-0.05, 0) is 49.2 Å². The third-order valence-electron chi connectivity index (χ3n) is 2.45. The van der Waals surface area contributed by atoms with E-state index in [1.54, 1.807) is 12.1 Å². The molecule has 1 aromatic carbocycles. The standard InChI is InChI=1S/C10H12ClNO/c11-9-1-2-10(13)8-4-6-12-5-3-7(8)9/h1-2,12-13H,3-6H2. The molecule has 0 aromatic heterocycles. The van der Waals surface area contributed by atoms with Gasteiger partial charge in [0.15, 0.2) is 0 Å². The molecule has 0 unspecified atom stereocenters. The number of fused-ring (bicyclic) bond motifs is 1. The Morgan fingerprint density at radius 2 is 1.85 bits per heavy atom. The monoisotopic (exact) mass is 197 g/mol. The number of benzene rings is 1. The van der Waals surface area contributed by atoms with Crippen molar-refractivity contribution >= 4 is 11.6 Å². The molecule has 0 spiro atoms. The van der Waals surface area contributed by atoms with Gasteiger partial charge in [0, 0.05) is 5.02 Å². The first-order valence-corrected chi connectivity index (χ1v) is 4.87. The SMILES string of the molecule is Oc1ccc(Cl)c2c1CCNCC2. The van der Waals surface area contributed by atoms with Crippen LogP contribution in [0.15, 0.2) is 12.1 Å². The number of phenolic OH excluding ortho intramolecular Hbond substituents is 1. The van der Waals surface area contributed by atoms with Crippen LogP contribution in [0, 0.1) is 0 Å². The van der Waals surface area contributed by atoms with E-state index in [0.717, 1.165) is 42.1 Å². The zero-order valence-corrected chi connectivity index (χ0v) is 8.06. The summed E-state index contributed by atoms with van der Waals surface area (Å²) in [6.07, 6.45) is 1.77. The summed E-state index contributed by atoms with van der Waals surface area (Å²) in [7, 11) is 0. The second kappa shape index (κ2) is 3.56. The first-order valence-electron chi connectivity index (χ1n) is 4.49. The summed E-state index contributed by atoms with van der Waals surface area (Å²) >= 11 is 6.05. The molecule has 2 nitrogen and oxygen atoms in total. The van der Waals surface area contributed by atoms with Gasteiger partial charge in [-0.25, -0.2) is 0 Å². The minimum Gasteiger partial charge on any atom is -0.508 e. The summed E-state index contributed by atoms with van der Waals surface area (Å²) in [5, 5.41) is 13.7. The maximum Gasteiger partial charge on any atom is 0.119 e. The van der Waals surface area contributed by atoms with Gasteiger partial charge in [0.05, 0.1) is 0 Å². The summed E-state index contributed by atoms with van der Waals surface area (Å²) in [4.78, 5) is 0. The lowest BCUT2D eigenvalue weighted by molar-refractivity contribution is 0.467. The number of hydrogen-bond donors (Lipinski definition) is 2. The fourth-order valence-electron chi connectivity index (χ4n) is 1.75. The lowest BCUT2D eigenvalue weighted by atomic mass is 10.0. The molecule has 2 N–H and O–H groups in total. The minimum atomic E-state index is 0.378. The van der Waals surface area contributed by atoms with Crippen LogP contribution in [0.2, 0.25) is 5.02 Å². The zero-order chi connectivity index (χ0) is 9.26. The first-order chi connectivity index (χ1) is 6.29. The molecular formula is C10H12ClNO. The lowest BCUT2D eigenvalue weighted by Crippen LogP contribution is -2.16. The molecule has 70 valence electrons. The van der Waals surface area contributed by atoms with Crippen molar-refractivity contribution in [3.05, 3.63) is 28.3 Å². The second-order valence-electron chi connectivity index (χ2n) is 3.27. The Morgan fingerprint density at radius 3 is 2.62 bits per heavy atom. The number of aromatic hydroxyl groups is 1. The van der Waals surface area contributed by atoms with E-state index in [9.17, 15) is 5.11 Å². The van der Waals surface area contributed by atoms with Crippen molar-refractivity contribution in [2.45, 2.75) is 12.8 Å². The number of nitrogens with one attached hydrogen (secondary N) is 1. The van der Waals surface area contributed by atoms with Crippen molar-refractivity contribution < 1.29 is 5.11 Å². The Kier molecular flexibility index (Phi) is 2.42. The van der Waals surface area contributed by atoms with Crippen LogP contribution in [0.4, 0.5) is 0 Å². The van der Waals surface area contributed by atoms with E-state index in [0.29, 0.717) is 5.75 Å². The van der Waals surface area contributed by atoms with Crippen LogP contribution in [0.1, 0.15) is 11.1 Å². The van der Waals surface area contributed by atoms with Crippen LogP contribution in [-0.2, 0) is 12.8 Å². The molecule has 0 fully saturated rings. The Hall–Kier alpha value is -0.730. The summed E-state index contributed by atoms with van der Waals surface area (Å²) in [6, 6.07) is 3.44. The van der Waals surface area contributed by atoms with Gasteiger partial charge >= 0.3 is 0 Å². The van der Waals surface area contributed by atoms with Crippen LogP contribution >= 0.6 is 11.6 Å². The Morgan fingerprint density at radius 1 is 1.15 bits per heavy atom. The van der Waals surface area contributed by atoms with E-state index < -0.39 is 0 Å². The van der Waals surface area contributed by atoms with Crippen molar-refractivity contribution in [1.82, 2.24) is 5.32 Å². The normalized spacial score (nSPS) is 16.4. The largest absolute Gasteiger partial charge is 0.508 e. The maximum atomic E-state index is 9.62. The first kappa shape index (κ1) is 8.85. The molecule has 0 atom stereocenters. The van der Waals surface area contributed by atoms with Gasteiger partial charge in [-0.2, -0.15) is 0 Å². The highest BCUT2D eigenvalue weighted by atomic mass is 35.5. The molecule has 0 radical (unpaired) electrons. The van der Waals surface area contributed by atoms with E-state index in [1.165, 1.54) is 0 Å². The van der Waals surface area contributed by atoms with Crippen LogP contribution in [0.25, 0.3) is 0 Å². The molecular weight excluding hydrogens is 186 g/mol.